The highest BCUT2D eigenvalue weighted by atomic mass is 16.4. The Kier molecular flexibility index (Phi) is 3.65. The fourth-order valence-corrected chi connectivity index (χ4v) is 6.89. The lowest BCUT2D eigenvalue weighted by Crippen LogP contribution is -1.93. The van der Waals surface area contributed by atoms with Gasteiger partial charge < -0.3 is 9.52 Å². The number of hydrogen-bond donors (Lipinski definition) is 1. The van der Waals surface area contributed by atoms with Crippen LogP contribution in [0.4, 0.5) is 0 Å². The molecule has 48 heavy (non-hydrogen) atoms. The van der Waals surface area contributed by atoms with Crippen LogP contribution in [0.2, 0.25) is 0 Å². The van der Waals surface area contributed by atoms with Gasteiger partial charge in [-0.3, -0.25) is 0 Å². The molecule has 0 atom stereocenters. The van der Waals surface area contributed by atoms with Gasteiger partial charge in [-0.25, -0.2) is 0 Å². The SMILES string of the molecule is [2H]c1c([2H])c([2H])c(-c2cc(-c3c4ccccc4c(-c4c([2H])c([2H])c5c(oc6c([2H])c7c([2H])c([2H])c([2H])c([2H])c7c([2H])c65)c4O)c4ccccc34)c3ccccc3c2)c([2H])c1[2H]. The summed E-state index contributed by atoms with van der Waals surface area (Å²) in [6.07, 6.45) is 0. The Hall–Kier alpha value is -6.38. The molecule has 0 aliphatic rings. The molecule has 224 valence electrons. The first-order valence-electron chi connectivity index (χ1n) is 21.8. The molecule has 1 aromatic heterocycles. The molecule has 0 fully saturated rings. The van der Waals surface area contributed by atoms with Gasteiger partial charge in [0, 0.05) is 21.9 Å². The van der Waals surface area contributed by atoms with Crippen LogP contribution >= 0.6 is 0 Å². The second kappa shape index (κ2) is 10.3. The van der Waals surface area contributed by atoms with E-state index in [1.165, 1.54) is 0 Å². The van der Waals surface area contributed by atoms with Gasteiger partial charge in [0.05, 0.1) is 17.8 Å². The normalized spacial score (nSPS) is 15.6. The van der Waals surface area contributed by atoms with Crippen LogP contribution in [0.5, 0.6) is 5.75 Å². The molecule has 1 N–H and O–H groups in total. The smallest absolute Gasteiger partial charge is 0.177 e. The Morgan fingerprint density at radius 1 is 0.458 bits per heavy atom. The Labute approximate surface area is 295 Å². The number of hydrogen-bond acceptors (Lipinski definition) is 2. The molecule has 10 aromatic rings. The molecule has 1 heterocycles. The molecule has 10 rings (SSSR count). The minimum atomic E-state index is -0.592. The van der Waals surface area contributed by atoms with E-state index in [-0.39, 0.29) is 55.9 Å². The van der Waals surface area contributed by atoms with Crippen molar-refractivity contribution in [2.75, 3.05) is 0 Å². The van der Waals surface area contributed by atoms with Crippen molar-refractivity contribution in [3.05, 3.63) is 163 Å². The van der Waals surface area contributed by atoms with E-state index in [1.54, 1.807) is 18.2 Å². The van der Waals surface area contributed by atoms with Gasteiger partial charge in [0.2, 0.25) is 0 Å². The van der Waals surface area contributed by atoms with Gasteiger partial charge in [0.1, 0.15) is 5.58 Å². The number of phenols is 1. The van der Waals surface area contributed by atoms with Gasteiger partial charge in [-0.2, -0.15) is 0 Å². The van der Waals surface area contributed by atoms with E-state index in [0.717, 1.165) is 16.3 Å². The topological polar surface area (TPSA) is 33.4 Å². The molecule has 0 amide bonds. The van der Waals surface area contributed by atoms with E-state index in [2.05, 4.69) is 0 Å². The zero-order chi connectivity index (χ0) is 43.1. The van der Waals surface area contributed by atoms with Gasteiger partial charge in [-0.1, -0.05) is 127 Å². The highest BCUT2D eigenvalue weighted by Crippen LogP contribution is 2.49. The lowest BCUT2D eigenvalue weighted by atomic mass is 9.83. The second-order valence-corrected chi connectivity index (χ2v) is 11.6. The minimum Gasteiger partial charge on any atom is -0.504 e. The number of aromatic hydroxyl groups is 1. The monoisotopic (exact) mass is 625 g/mol. The molecule has 9 aromatic carbocycles. The Morgan fingerprint density at radius 3 is 1.73 bits per heavy atom. The van der Waals surface area contributed by atoms with Gasteiger partial charge in [0.25, 0.3) is 0 Å². The number of rotatable bonds is 3. The Balaban J connectivity index is 1.33. The first kappa shape index (κ1) is 17.0. The fraction of sp³-hybridized carbons (Fsp3) is 0. The quantitative estimate of drug-likeness (QED) is 0.198. The van der Waals surface area contributed by atoms with E-state index in [0.29, 0.717) is 38.2 Å². The summed E-state index contributed by atoms with van der Waals surface area (Å²) in [5.74, 6) is -0.536. The van der Waals surface area contributed by atoms with E-state index in [1.807, 2.05) is 66.7 Å². The molecule has 0 radical (unpaired) electrons. The predicted molar refractivity (Wildman–Crippen MR) is 202 cm³/mol. The van der Waals surface area contributed by atoms with Crippen LogP contribution in [0.25, 0.3) is 98.4 Å². The third-order valence-corrected chi connectivity index (χ3v) is 8.95. The molecule has 0 saturated carbocycles. The number of benzene rings is 9. The maximum absolute atomic E-state index is 12.3. The summed E-state index contributed by atoms with van der Waals surface area (Å²) in [6, 6.07) is 19.9. The van der Waals surface area contributed by atoms with Crippen LogP contribution in [-0.4, -0.2) is 5.11 Å². The lowest BCUT2D eigenvalue weighted by molar-refractivity contribution is 0.471. The third kappa shape index (κ3) is 3.93. The molecule has 0 spiro atoms. The van der Waals surface area contributed by atoms with Gasteiger partial charge in [0.15, 0.2) is 11.3 Å². The zero-order valence-corrected chi connectivity index (χ0v) is 24.9. The van der Waals surface area contributed by atoms with E-state index in [4.69, 9.17) is 19.5 Å². The summed E-state index contributed by atoms with van der Waals surface area (Å²) in [7, 11) is 0. The molecule has 0 aliphatic heterocycles. The first-order chi connectivity index (χ1) is 29.1. The highest BCUT2D eigenvalue weighted by molar-refractivity contribution is 6.25. The van der Waals surface area contributed by atoms with Crippen LogP contribution in [-0.2, 0) is 0 Å². The summed E-state index contributed by atoms with van der Waals surface area (Å²) in [5.41, 5.74) is 1.66. The van der Waals surface area contributed by atoms with Crippen LogP contribution in [0.3, 0.4) is 0 Å². The Morgan fingerprint density at radius 2 is 1.04 bits per heavy atom. The second-order valence-electron chi connectivity index (χ2n) is 11.6. The van der Waals surface area contributed by atoms with Gasteiger partial charge >= 0.3 is 0 Å². The highest BCUT2D eigenvalue weighted by Gasteiger charge is 2.22. The van der Waals surface area contributed by atoms with Crippen molar-refractivity contribution in [1.82, 2.24) is 0 Å². The molecule has 0 bridgehead atoms. The van der Waals surface area contributed by atoms with Gasteiger partial charge in [-0.15, -0.1) is 0 Å². The van der Waals surface area contributed by atoms with Crippen LogP contribution < -0.4 is 0 Å². The van der Waals surface area contributed by atoms with Crippen molar-refractivity contribution in [2.45, 2.75) is 0 Å². The summed E-state index contributed by atoms with van der Waals surface area (Å²) in [5, 5.41) is 15.6. The summed E-state index contributed by atoms with van der Waals surface area (Å²) in [6.45, 7) is 0. The lowest BCUT2D eigenvalue weighted by Gasteiger charge is -2.20. The van der Waals surface area contributed by atoms with Crippen molar-refractivity contribution >= 4 is 65.0 Å². The maximum Gasteiger partial charge on any atom is 0.177 e. The van der Waals surface area contributed by atoms with Crippen molar-refractivity contribution in [3.8, 4) is 39.1 Å². The summed E-state index contributed by atoms with van der Waals surface area (Å²) in [4.78, 5) is 0. The molecular formula is C46H28O2. The van der Waals surface area contributed by atoms with Gasteiger partial charge in [-0.05, 0) is 102 Å². The molecule has 0 aliphatic carbocycles. The van der Waals surface area contributed by atoms with E-state index in [9.17, 15) is 7.85 Å². The van der Waals surface area contributed by atoms with E-state index < -0.39 is 72.2 Å². The number of furan rings is 1. The average Bonchev–Trinajstić information content (AvgIpc) is 3.68. The van der Waals surface area contributed by atoms with Crippen molar-refractivity contribution < 1.29 is 27.3 Å². The summed E-state index contributed by atoms with van der Waals surface area (Å²) < 4.78 is 119. The van der Waals surface area contributed by atoms with Crippen molar-refractivity contribution in [1.29, 1.82) is 0 Å². The van der Waals surface area contributed by atoms with E-state index >= 15 is 0 Å². The summed E-state index contributed by atoms with van der Waals surface area (Å²) >= 11 is 0. The number of phenolic OH excluding ortho intramolecular Hbond substituents is 1. The third-order valence-electron chi connectivity index (χ3n) is 8.95. The number of fused-ring (bicyclic) bond motifs is 7. The van der Waals surface area contributed by atoms with Crippen LogP contribution in [0.15, 0.2) is 168 Å². The van der Waals surface area contributed by atoms with Crippen molar-refractivity contribution in [3.63, 3.8) is 0 Å². The minimum absolute atomic E-state index is 0.0480. The van der Waals surface area contributed by atoms with Crippen LogP contribution in [0, 0.1) is 0 Å². The average molecular weight is 626 g/mol. The Bertz CT molecular complexity index is 3570. The molecule has 0 unspecified atom stereocenters. The van der Waals surface area contributed by atoms with Crippen LogP contribution in [0.1, 0.15) is 17.8 Å². The van der Waals surface area contributed by atoms with Crippen molar-refractivity contribution in [2.24, 2.45) is 0 Å². The molecule has 0 saturated heterocycles. The molecule has 2 nitrogen and oxygen atoms in total. The largest absolute Gasteiger partial charge is 0.504 e. The molecular weight excluding hydrogens is 585 g/mol. The first-order valence-corrected chi connectivity index (χ1v) is 15.3. The predicted octanol–water partition coefficient (Wildman–Crippen LogP) is 12.9. The maximum atomic E-state index is 12.3. The standard InChI is InChI=1S/C46H28O2/c47-45-39(23-22-38-40-25-29-14-4-5-15-30(29)27-42(40)48-46(38)45)43-34-18-8-10-20-36(34)44(37-21-11-9-19-35(37)43)41-26-32(28-12-2-1-3-13-28)24-31-16-6-7-17-33(31)41/h1-27,47H/i1D,2D,3D,4D,5D,12D,13D,14D,15D,22D,23D,25D,27D. The molecule has 2 heteroatoms. The fourth-order valence-electron chi connectivity index (χ4n) is 6.89. The zero-order valence-electron chi connectivity index (χ0n) is 37.9.